The number of esters is 1. The zero-order valence-corrected chi connectivity index (χ0v) is 16.7. The first-order valence-electron chi connectivity index (χ1n) is 8.86. The summed E-state index contributed by atoms with van der Waals surface area (Å²) in [5, 5.41) is 2.96. The Hall–Kier alpha value is -2.53. The molecule has 27 heavy (non-hydrogen) atoms. The molecule has 0 aliphatic heterocycles. The minimum atomic E-state index is -0.701. The van der Waals surface area contributed by atoms with Crippen LogP contribution in [0.15, 0.2) is 42.5 Å². The van der Waals surface area contributed by atoms with E-state index in [9.17, 15) is 9.59 Å². The van der Waals surface area contributed by atoms with Crippen molar-refractivity contribution in [1.82, 2.24) is 0 Å². The third-order valence-electron chi connectivity index (χ3n) is 3.95. The van der Waals surface area contributed by atoms with Crippen LogP contribution in [0.5, 0.6) is 5.75 Å². The van der Waals surface area contributed by atoms with E-state index < -0.39 is 12.1 Å². The number of amides is 1. The summed E-state index contributed by atoms with van der Waals surface area (Å²) < 4.78 is 10.8. The van der Waals surface area contributed by atoms with Crippen molar-refractivity contribution >= 4 is 29.2 Å². The van der Waals surface area contributed by atoms with Crippen LogP contribution in [0.3, 0.4) is 0 Å². The van der Waals surface area contributed by atoms with Gasteiger partial charge in [-0.1, -0.05) is 43.6 Å². The van der Waals surface area contributed by atoms with Gasteiger partial charge < -0.3 is 14.8 Å². The minimum absolute atomic E-state index is 0.213. The van der Waals surface area contributed by atoms with Crippen molar-refractivity contribution in [3.05, 3.63) is 58.6 Å². The van der Waals surface area contributed by atoms with Crippen molar-refractivity contribution in [2.45, 2.75) is 39.7 Å². The molecule has 2 aromatic rings. The molecule has 5 nitrogen and oxygen atoms in total. The number of nitrogens with one attached hydrogen (secondary N) is 1. The Morgan fingerprint density at radius 1 is 1.11 bits per heavy atom. The predicted molar refractivity (Wildman–Crippen MR) is 107 cm³/mol. The number of carbonyl (C=O) groups is 2. The molecule has 0 unspecified atom stereocenters. The lowest BCUT2D eigenvalue weighted by Gasteiger charge is -2.19. The van der Waals surface area contributed by atoms with Gasteiger partial charge in [-0.3, -0.25) is 4.79 Å². The second kappa shape index (κ2) is 9.42. The van der Waals surface area contributed by atoms with Crippen LogP contribution in [-0.4, -0.2) is 24.6 Å². The standard InChI is InChI=1S/C21H24ClNO4/c1-5-26-21(25)17-11-10-15(12-18(17)22)23-20(24)14(4)27-19-9-7-6-8-16(19)13(2)3/h6-14H,5H2,1-4H3,(H,23,24)/t14-/m0/s1. The maximum atomic E-state index is 12.5. The highest BCUT2D eigenvalue weighted by Crippen LogP contribution is 2.27. The van der Waals surface area contributed by atoms with Crippen molar-refractivity contribution < 1.29 is 19.1 Å². The van der Waals surface area contributed by atoms with E-state index in [1.165, 1.54) is 12.1 Å². The van der Waals surface area contributed by atoms with Crippen LogP contribution < -0.4 is 10.1 Å². The second-order valence-corrected chi connectivity index (χ2v) is 6.76. The van der Waals surface area contributed by atoms with Crippen molar-refractivity contribution in [2.75, 3.05) is 11.9 Å². The highest BCUT2D eigenvalue weighted by molar-refractivity contribution is 6.34. The topological polar surface area (TPSA) is 64.6 Å². The van der Waals surface area contributed by atoms with Gasteiger partial charge >= 0.3 is 5.97 Å². The zero-order chi connectivity index (χ0) is 20.0. The molecule has 1 N–H and O–H groups in total. The van der Waals surface area contributed by atoms with E-state index in [1.54, 1.807) is 19.9 Å². The summed E-state index contributed by atoms with van der Waals surface area (Å²) in [4.78, 5) is 24.2. The monoisotopic (exact) mass is 389 g/mol. The fraction of sp³-hybridized carbons (Fsp3) is 0.333. The quantitative estimate of drug-likeness (QED) is 0.673. The lowest BCUT2D eigenvalue weighted by atomic mass is 10.0. The molecule has 0 heterocycles. The SMILES string of the molecule is CCOC(=O)c1ccc(NC(=O)[C@H](C)Oc2ccccc2C(C)C)cc1Cl. The number of benzene rings is 2. The largest absolute Gasteiger partial charge is 0.481 e. The smallest absolute Gasteiger partial charge is 0.339 e. The van der Waals surface area contributed by atoms with Crippen LogP contribution >= 0.6 is 11.6 Å². The van der Waals surface area contributed by atoms with Gasteiger partial charge in [0.15, 0.2) is 6.10 Å². The molecule has 1 amide bonds. The lowest BCUT2D eigenvalue weighted by Crippen LogP contribution is -2.30. The third-order valence-corrected chi connectivity index (χ3v) is 4.26. The first kappa shape index (κ1) is 20.8. The Morgan fingerprint density at radius 3 is 2.44 bits per heavy atom. The summed E-state index contributed by atoms with van der Waals surface area (Å²) in [5.74, 6) is 0.160. The van der Waals surface area contributed by atoms with Crippen molar-refractivity contribution in [3.8, 4) is 5.75 Å². The molecule has 2 rings (SSSR count). The molecule has 0 spiro atoms. The molecular formula is C21H24ClNO4. The maximum Gasteiger partial charge on any atom is 0.339 e. The molecule has 0 aliphatic rings. The molecule has 0 aromatic heterocycles. The van der Waals surface area contributed by atoms with Crippen LogP contribution in [-0.2, 0) is 9.53 Å². The average molecular weight is 390 g/mol. The number of para-hydroxylation sites is 1. The Morgan fingerprint density at radius 2 is 1.81 bits per heavy atom. The van der Waals surface area contributed by atoms with E-state index >= 15 is 0 Å². The summed E-state index contributed by atoms with van der Waals surface area (Å²) in [6, 6.07) is 12.3. The number of anilines is 1. The molecule has 0 radical (unpaired) electrons. The zero-order valence-electron chi connectivity index (χ0n) is 15.9. The van der Waals surface area contributed by atoms with E-state index in [2.05, 4.69) is 19.2 Å². The van der Waals surface area contributed by atoms with E-state index in [0.717, 1.165) is 5.56 Å². The second-order valence-electron chi connectivity index (χ2n) is 6.36. The third kappa shape index (κ3) is 5.47. The number of halogens is 1. The predicted octanol–water partition coefficient (Wildman–Crippen LogP) is 5.05. The van der Waals surface area contributed by atoms with Gasteiger partial charge in [0.1, 0.15) is 5.75 Å². The molecule has 0 fully saturated rings. The number of rotatable bonds is 7. The van der Waals surface area contributed by atoms with Gasteiger partial charge in [-0.05, 0) is 49.6 Å². The van der Waals surface area contributed by atoms with Gasteiger partial charge in [-0.2, -0.15) is 0 Å². The Kier molecular flexibility index (Phi) is 7.25. The van der Waals surface area contributed by atoms with E-state index in [4.69, 9.17) is 21.1 Å². The normalized spacial score (nSPS) is 11.8. The van der Waals surface area contributed by atoms with Gasteiger partial charge in [0.25, 0.3) is 5.91 Å². The van der Waals surface area contributed by atoms with Gasteiger partial charge in [0.2, 0.25) is 0 Å². The fourth-order valence-corrected chi connectivity index (χ4v) is 2.78. The molecule has 144 valence electrons. The minimum Gasteiger partial charge on any atom is -0.481 e. The van der Waals surface area contributed by atoms with Crippen molar-refractivity contribution in [1.29, 1.82) is 0 Å². The van der Waals surface area contributed by atoms with Gasteiger partial charge in [0.05, 0.1) is 17.2 Å². The molecule has 0 saturated heterocycles. The molecule has 0 saturated carbocycles. The number of ether oxygens (including phenoxy) is 2. The van der Waals surface area contributed by atoms with E-state index in [-0.39, 0.29) is 29.0 Å². The van der Waals surface area contributed by atoms with E-state index in [0.29, 0.717) is 11.4 Å². The van der Waals surface area contributed by atoms with Crippen LogP contribution in [0.25, 0.3) is 0 Å². The summed E-state index contributed by atoms with van der Waals surface area (Å²) in [7, 11) is 0. The summed E-state index contributed by atoms with van der Waals surface area (Å²) in [6.07, 6.45) is -0.701. The van der Waals surface area contributed by atoms with Gasteiger partial charge in [-0.25, -0.2) is 4.79 Å². The number of hydrogen-bond donors (Lipinski definition) is 1. The number of carbonyl (C=O) groups excluding carboxylic acids is 2. The lowest BCUT2D eigenvalue weighted by molar-refractivity contribution is -0.122. The molecule has 0 bridgehead atoms. The van der Waals surface area contributed by atoms with Gasteiger partial charge in [0, 0.05) is 5.69 Å². The molecule has 0 aliphatic carbocycles. The molecule has 2 aromatic carbocycles. The highest BCUT2D eigenvalue weighted by Gasteiger charge is 2.18. The van der Waals surface area contributed by atoms with Crippen LogP contribution in [0.4, 0.5) is 5.69 Å². The van der Waals surface area contributed by atoms with Crippen molar-refractivity contribution in [2.24, 2.45) is 0 Å². The van der Waals surface area contributed by atoms with Gasteiger partial charge in [-0.15, -0.1) is 0 Å². The fourth-order valence-electron chi connectivity index (χ4n) is 2.52. The molecule has 6 heteroatoms. The van der Waals surface area contributed by atoms with Crippen LogP contribution in [0.2, 0.25) is 5.02 Å². The summed E-state index contributed by atoms with van der Waals surface area (Å²) >= 11 is 6.13. The number of hydrogen-bond acceptors (Lipinski definition) is 4. The maximum absolute atomic E-state index is 12.5. The first-order chi connectivity index (χ1) is 12.8. The van der Waals surface area contributed by atoms with E-state index in [1.807, 2.05) is 24.3 Å². The Balaban J connectivity index is 2.07. The molecular weight excluding hydrogens is 366 g/mol. The first-order valence-corrected chi connectivity index (χ1v) is 9.24. The van der Waals surface area contributed by atoms with Crippen LogP contribution in [0, 0.1) is 0 Å². The van der Waals surface area contributed by atoms with Crippen LogP contribution in [0.1, 0.15) is 49.5 Å². The molecule has 1 atom stereocenters. The Bertz CT molecular complexity index is 820. The summed E-state index contributed by atoms with van der Waals surface area (Å²) in [6.45, 7) is 7.81. The average Bonchev–Trinajstić information content (AvgIpc) is 2.62. The van der Waals surface area contributed by atoms with Crippen molar-refractivity contribution in [3.63, 3.8) is 0 Å². The highest BCUT2D eigenvalue weighted by atomic mass is 35.5. The Labute approximate surface area is 164 Å². The summed E-state index contributed by atoms with van der Waals surface area (Å²) in [5.41, 5.74) is 1.77.